The number of non-ortho nitro benzene ring substituents is 1. The van der Waals surface area contributed by atoms with Gasteiger partial charge < -0.3 is 10.2 Å². The maximum absolute atomic E-state index is 12.6. The molecule has 136 valence electrons. The molecule has 9 heteroatoms. The standard InChI is InChI=1S/C17H16ClN3O4S/c1-20(9-11-8-12(21(24)25)4-5-13(11)18)17(23)14-6-7-15(26-14)19-16(22)10-2-3-10/h4-8,10H,2-3,9H2,1H3,(H,19,22). The molecule has 1 heterocycles. The average molecular weight is 394 g/mol. The molecule has 26 heavy (non-hydrogen) atoms. The van der Waals surface area contributed by atoms with Crippen LogP contribution in [0.1, 0.15) is 28.1 Å². The molecule has 0 saturated heterocycles. The van der Waals surface area contributed by atoms with Crippen LogP contribution in [-0.2, 0) is 11.3 Å². The maximum Gasteiger partial charge on any atom is 0.269 e. The lowest BCUT2D eigenvalue weighted by molar-refractivity contribution is -0.384. The molecule has 0 unspecified atom stereocenters. The fourth-order valence-corrected chi connectivity index (χ4v) is 3.48. The summed E-state index contributed by atoms with van der Waals surface area (Å²) in [5.74, 6) is -0.165. The number of benzene rings is 1. The number of carbonyl (C=O) groups excluding carboxylic acids is 2. The van der Waals surface area contributed by atoms with Gasteiger partial charge >= 0.3 is 0 Å². The first kappa shape index (κ1) is 18.3. The topological polar surface area (TPSA) is 92.5 Å². The third-order valence-corrected chi connectivity index (χ3v) is 5.36. The molecule has 1 saturated carbocycles. The summed E-state index contributed by atoms with van der Waals surface area (Å²) in [5.41, 5.74) is 0.418. The molecule has 7 nitrogen and oxygen atoms in total. The van der Waals surface area contributed by atoms with Gasteiger partial charge in [0, 0.05) is 36.7 Å². The van der Waals surface area contributed by atoms with E-state index in [-0.39, 0.29) is 30.0 Å². The molecular weight excluding hydrogens is 378 g/mol. The predicted molar refractivity (Wildman–Crippen MR) is 99.6 cm³/mol. The van der Waals surface area contributed by atoms with Crippen LogP contribution in [0.4, 0.5) is 10.7 Å². The Morgan fingerprint density at radius 1 is 1.35 bits per heavy atom. The molecule has 0 radical (unpaired) electrons. The molecular formula is C17H16ClN3O4S. The summed E-state index contributed by atoms with van der Waals surface area (Å²) in [7, 11) is 1.60. The normalized spacial score (nSPS) is 13.3. The Labute approximate surface area is 158 Å². The van der Waals surface area contributed by atoms with Crippen LogP contribution < -0.4 is 5.32 Å². The van der Waals surface area contributed by atoms with Crippen LogP contribution in [0, 0.1) is 16.0 Å². The zero-order valence-electron chi connectivity index (χ0n) is 13.9. The summed E-state index contributed by atoms with van der Waals surface area (Å²) in [6.07, 6.45) is 1.82. The van der Waals surface area contributed by atoms with E-state index in [1.54, 1.807) is 19.2 Å². The van der Waals surface area contributed by atoms with Gasteiger partial charge in [0.25, 0.3) is 11.6 Å². The SMILES string of the molecule is CN(Cc1cc([N+](=O)[O-])ccc1Cl)C(=O)c1ccc(NC(=O)C2CC2)s1. The molecule has 1 fully saturated rings. The fraction of sp³-hybridized carbons (Fsp3) is 0.294. The minimum atomic E-state index is -0.504. The molecule has 1 N–H and O–H groups in total. The third kappa shape index (κ3) is 4.20. The highest BCUT2D eigenvalue weighted by molar-refractivity contribution is 7.18. The van der Waals surface area contributed by atoms with Crippen molar-refractivity contribution >= 4 is 45.4 Å². The van der Waals surface area contributed by atoms with E-state index in [0.717, 1.165) is 12.8 Å². The molecule has 1 aromatic heterocycles. The molecule has 0 bridgehead atoms. The summed E-state index contributed by atoms with van der Waals surface area (Å²) in [6.45, 7) is 0.140. The number of thiophene rings is 1. The van der Waals surface area contributed by atoms with E-state index < -0.39 is 4.92 Å². The fourth-order valence-electron chi connectivity index (χ4n) is 2.40. The lowest BCUT2D eigenvalue weighted by atomic mass is 10.2. The van der Waals surface area contributed by atoms with E-state index in [1.165, 1.54) is 34.4 Å². The van der Waals surface area contributed by atoms with Crippen LogP contribution in [-0.4, -0.2) is 28.7 Å². The quantitative estimate of drug-likeness (QED) is 0.594. The van der Waals surface area contributed by atoms with Gasteiger partial charge in [-0.2, -0.15) is 0 Å². The summed E-state index contributed by atoms with van der Waals surface area (Å²) in [5, 5.41) is 14.7. The van der Waals surface area contributed by atoms with E-state index in [1.807, 2.05) is 0 Å². The Kier molecular flexibility index (Phi) is 5.24. The molecule has 1 aliphatic carbocycles. The zero-order chi connectivity index (χ0) is 18.8. The molecule has 1 aliphatic rings. The van der Waals surface area contributed by atoms with Crippen molar-refractivity contribution in [3.05, 3.63) is 55.9 Å². The van der Waals surface area contributed by atoms with Gasteiger partial charge in [0.2, 0.25) is 5.91 Å². The van der Waals surface area contributed by atoms with Gasteiger partial charge in [0.05, 0.1) is 14.8 Å². The van der Waals surface area contributed by atoms with Crippen molar-refractivity contribution < 1.29 is 14.5 Å². The van der Waals surface area contributed by atoms with Crippen LogP contribution in [0.5, 0.6) is 0 Å². The van der Waals surface area contributed by atoms with Crippen molar-refractivity contribution in [3.63, 3.8) is 0 Å². The zero-order valence-corrected chi connectivity index (χ0v) is 15.5. The highest BCUT2D eigenvalue weighted by Crippen LogP contribution is 2.32. The van der Waals surface area contributed by atoms with Crippen molar-refractivity contribution in [2.24, 2.45) is 5.92 Å². The van der Waals surface area contributed by atoms with Crippen LogP contribution >= 0.6 is 22.9 Å². The number of hydrogen-bond donors (Lipinski definition) is 1. The van der Waals surface area contributed by atoms with Crippen molar-refractivity contribution in [2.45, 2.75) is 19.4 Å². The highest BCUT2D eigenvalue weighted by Gasteiger charge is 2.30. The first-order valence-electron chi connectivity index (χ1n) is 7.94. The van der Waals surface area contributed by atoms with Gasteiger partial charge in [-0.15, -0.1) is 11.3 Å². The number of halogens is 1. The minimum absolute atomic E-state index is 0.0115. The van der Waals surface area contributed by atoms with Crippen LogP contribution in [0.15, 0.2) is 30.3 Å². The Morgan fingerprint density at radius 2 is 2.08 bits per heavy atom. The lowest BCUT2D eigenvalue weighted by Crippen LogP contribution is -2.25. The van der Waals surface area contributed by atoms with E-state index in [2.05, 4.69) is 5.32 Å². The van der Waals surface area contributed by atoms with Crippen molar-refractivity contribution in [2.75, 3.05) is 12.4 Å². The van der Waals surface area contributed by atoms with E-state index in [0.29, 0.717) is 20.5 Å². The summed E-state index contributed by atoms with van der Waals surface area (Å²) in [6, 6.07) is 7.49. The summed E-state index contributed by atoms with van der Waals surface area (Å²) in [4.78, 5) is 36.7. The van der Waals surface area contributed by atoms with Crippen molar-refractivity contribution in [3.8, 4) is 0 Å². The number of carbonyl (C=O) groups is 2. The minimum Gasteiger partial charge on any atom is -0.337 e. The number of nitro groups is 1. The molecule has 2 aromatic rings. The molecule has 3 rings (SSSR count). The van der Waals surface area contributed by atoms with Gasteiger partial charge in [0.15, 0.2) is 0 Å². The Balaban J connectivity index is 1.68. The number of nitrogens with one attached hydrogen (secondary N) is 1. The Hall–Kier alpha value is -2.45. The summed E-state index contributed by atoms with van der Waals surface area (Å²) < 4.78 is 0. The van der Waals surface area contributed by atoms with Crippen LogP contribution in [0.2, 0.25) is 5.02 Å². The third-order valence-electron chi connectivity index (χ3n) is 4.01. The number of hydrogen-bond acceptors (Lipinski definition) is 5. The number of rotatable bonds is 6. The average Bonchev–Trinajstić information content (AvgIpc) is 3.36. The first-order chi connectivity index (χ1) is 12.3. The molecule has 0 aliphatic heterocycles. The Bertz CT molecular complexity index is 879. The molecule has 0 atom stereocenters. The molecule has 1 aromatic carbocycles. The number of nitrogens with zero attached hydrogens (tertiary/aromatic N) is 2. The maximum atomic E-state index is 12.6. The Morgan fingerprint density at radius 3 is 2.73 bits per heavy atom. The molecule has 2 amide bonds. The van der Waals surface area contributed by atoms with E-state index >= 15 is 0 Å². The summed E-state index contributed by atoms with van der Waals surface area (Å²) >= 11 is 7.29. The predicted octanol–water partition coefficient (Wildman–Crippen LogP) is 3.93. The largest absolute Gasteiger partial charge is 0.337 e. The van der Waals surface area contributed by atoms with Gasteiger partial charge in [0.1, 0.15) is 0 Å². The van der Waals surface area contributed by atoms with Gasteiger partial charge in [-0.1, -0.05) is 11.6 Å². The van der Waals surface area contributed by atoms with Crippen molar-refractivity contribution in [1.29, 1.82) is 0 Å². The number of amides is 2. The van der Waals surface area contributed by atoms with Gasteiger partial charge in [-0.05, 0) is 36.6 Å². The van der Waals surface area contributed by atoms with E-state index in [9.17, 15) is 19.7 Å². The highest BCUT2D eigenvalue weighted by atomic mass is 35.5. The monoisotopic (exact) mass is 393 g/mol. The smallest absolute Gasteiger partial charge is 0.269 e. The van der Waals surface area contributed by atoms with Gasteiger partial charge in [-0.3, -0.25) is 19.7 Å². The first-order valence-corrected chi connectivity index (χ1v) is 9.13. The van der Waals surface area contributed by atoms with Crippen LogP contribution in [0.3, 0.4) is 0 Å². The van der Waals surface area contributed by atoms with Crippen molar-refractivity contribution in [1.82, 2.24) is 4.90 Å². The second-order valence-electron chi connectivity index (χ2n) is 6.12. The second-order valence-corrected chi connectivity index (χ2v) is 7.61. The molecule has 0 spiro atoms. The van der Waals surface area contributed by atoms with E-state index in [4.69, 9.17) is 11.6 Å². The van der Waals surface area contributed by atoms with Crippen LogP contribution in [0.25, 0.3) is 0 Å². The number of nitro benzene ring substituents is 1. The second kappa shape index (κ2) is 7.43. The van der Waals surface area contributed by atoms with Gasteiger partial charge in [-0.25, -0.2) is 0 Å². The number of anilines is 1. The lowest BCUT2D eigenvalue weighted by Gasteiger charge is -2.17.